The van der Waals surface area contributed by atoms with Gasteiger partial charge in [-0.3, -0.25) is 15.5 Å². The smallest absolute Gasteiger partial charge is 0.347 e. The average Bonchev–Trinajstić information content (AvgIpc) is 2.96. The number of carbonyl (C=O) groups is 1. The Morgan fingerprint density at radius 1 is 0.905 bits per heavy atom. The molecule has 11 nitrogen and oxygen atoms in total. The summed E-state index contributed by atoms with van der Waals surface area (Å²) in [6.45, 7) is 3.62. The highest BCUT2D eigenvalue weighted by Crippen LogP contribution is 2.35. The topological polar surface area (TPSA) is 147 Å². The molecule has 0 fully saturated rings. The molecule has 0 bridgehead atoms. The Hall–Kier alpha value is -5.52. The zero-order chi connectivity index (χ0) is 30.4. The molecule has 4 rings (SSSR count). The quantitative estimate of drug-likeness (QED) is 0.0598. The fourth-order valence-corrected chi connectivity index (χ4v) is 4.04. The Morgan fingerprint density at radius 3 is 2.26 bits per heavy atom. The zero-order valence-electron chi connectivity index (χ0n) is 23.3. The van der Waals surface area contributed by atoms with Gasteiger partial charge in [0.05, 0.1) is 30.9 Å². The molecule has 0 atom stereocenters. The molecule has 0 radical (unpaired) electrons. The van der Waals surface area contributed by atoms with E-state index in [0.29, 0.717) is 22.6 Å². The number of hydrogen-bond acceptors (Lipinski definition) is 10. The van der Waals surface area contributed by atoms with E-state index in [9.17, 15) is 19.3 Å². The minimum Gasteiger partial charge on any atom is -0.496 e. The number of nitrogens with two attached hydrogens (primary N) is 1. The summed E-state index contributed by atoms with van der Waals surface area (Å²) < 4.78 is 36.7. The van der Waals surface area contributed by atoms with Crippen LogP contribution in [0, 0.1) is 15.9 Å². The normalized spacial score (nSPS) is 10.6. The van der Waals surface area contributed by atoms with E-state index in [0.717, 1.165) is 6.07 Å². The van der Waals surface area contributed by atoms with Crippen molar-refractivity contribution in [1.82, 2.24) is 0 Å². The predicted octanol–water partition coefficient (Wildman–Crippen LogP) is 6.45. The van der Waals surface area contributed by atoms with Gasteiger partial charge in [-0.15, -0.1) is 0 Å². The predicted molar refractivity (Wildman–Crippen MR) is 157 cm³/mol. The molecule has 0 spiro atoms. The lowest BCUT2D eigenvalue weighted by Gasteiger charge is -2.18. The van der Waals surface area contributed by atoms with Crippen LogP contribution in [0.15, 0.2) is 72.8 Å². The molecule has 12 heteroatoms. The van der Waals surface area contributed by atoms with Crippen LogP contribution < -0.4 is 35.5 Å². The molecule has 0 aromatic heterocycles. The molecule has 42 heavy (non-hydrogen) atoms. The van der Waals surface area contributed by atoms with E-state index in [2.05, 4.69) is 10.9 Å². The van der Waals surface area contributed by atoms with Crippen LogP contribution in [-0.2, 0) is 0 Å². The number of nitro benzene ring substituents is 1. The van der Waals surface area contributed by atoms with Crippen LogP contribution in [0.3, 0.4) is 0 Å². The van der Waals surface area contributed by atoms with E-state index in [1.807, 2.05) is 13.8 Å². The van der Waals surface area contributed by atoms with Gasteiger partial charge in [-0.25, -0.2) is 9.18 Å². The van der Waals surface area contributed by atoms with Crippen LogP contribution in [0.25, 0.3) is 11.1 Å². The number of non-ortho nitro benzene ring substituents is 1. The molecular weight excluding hydrogens is 547 g/mol. The Labute approximate surface area is 241 Å². The first kappa shape index (κ1) is 29.5. The Morgan fingerprint density at radius 2 is 1.62 bits per heavy atom. The number of nitrogens with zero attached hydrogens (tertiary/aromatic N) is 1. The number of methoxy groups -OCH3 is 2. The lowest BCUT2D eigenvalue weighted by Crippen LogP contribution is -2.16. The Kier molecular flexibility index (Phi) is 8.96. The summed E-state index contributed by atoms with van der Waals surface area (Å²) in [7, 11) is 2.86. The Balaban J connectivity index is 1.55. The maximum absolute atomic E-state index is 14.5. The molecule has 0 unspecified atom stereocenters. The largest absolute Gasteiger partial charge is 0.496 e. The average molecular weight is 577 g/mol. The van der Waals surface area contributed by atoms with Gasteiger partial charge in [-0.05, 0) is 61.9 Å². The van der Waals surface area contributed by atoms with Crippen molar-refractivity contribution in [1.29, 1.82) is 0 Å². The molecule has 4 aromatic carbocycles. The molecule has 0 heterocycles. The molecule has 0 saturated carbocycles. The number of anilines is 3. The van der Waals surface area contributed by atoms with Crippen molar-refractivity contribution in [3.05, 3.63) is 94.3 Å². The van der Waals surface area contributed by atoms with E-state index >= 15 is 0 Å². The lowest BCUT2D eigenvalue weighted by molar-refractivity contribution is -0.384. The summed E-state index contributed by atoms with van der Waals surface area (Å²) in [5, 5.41) is 11.0. The minimum absolute atomic E-state index is 0.0307. The number of nitrogen functional groups attached to an aromatic ring is 1. The molecule has 4 aromatic rings. The second kappa shape index (κ2) is 12.8. The monoisotopic (exact) mass is 576 g/mol. The number of rotatable bonds is 11. The van der Waals surface area contributed by atoms with Crippen molar-refractivity contribution in [2.45, 2.75) is 20.0 Å². The van der Waals surface area contributed by atoms with Crippen molar-refractivity contribution in [2.75, 3.05) is 30.8 Å². The first-order valence-electron chi connectivity index (χ1n) is 12.7. The highest BCUT2D eigenvalue weighted by molar-refractivity contribution is 5.95. The van der Waals surface area contributed by atoms with E-state index < -0.39 is 16.7 Å². The second-order valence-corrected chi connectivity index (χ2v) is 9.26. The summed E-state index contributed by atoms with van der Waals surface area (Å²) in [6, 6.07) is 18.2. The molecule has 0 amide bonds. The number of halogens is 1. The molecule has 0 aliphatic rings. The molecular formula is C30H29FN4O7. The van der Waals surface area contributed by atoms with Gasteiger partial charge in [-0.2, -0.15) is 0 Å². The van der Waals surface area contributed by atoms with E-state index in [1.54, 1.807) is 42.5 Å². The molecule has 4 N–H and O–H groups in total. The van der Waals surface area contributed by atoms with Crippen LogP contribution in [-0.4, -0.2) is 31.2 Å². The Bertz CT molecular complexity index is 1610. The van der Waals surface area contributed by atoms with Crippen molar-refractivity contribution < 1.29 is 33.1 Å². The van der Waals surface area contributed by atoms with Gasteiger partial charge in [0.25, 0.3) is 5.69 Å². The summed E-state index contributed by atoms with van der Waals surface area (Å²) in [4.78, 5) is 23.7. The number of hydrazine groups is 1. The number of nitro groups is 1. The van der Waals surface area contributed by atoms with Crippen LogP contribution in [0.5, 0.6) is 23.0 Å². The van der Waals surface area contributed by atoms with Gasteiger partial charge in [0.1, 0.15) is 34.2 Å². The third kappa shape index (κ3) is 6.78. The van der Waals surface area contributed by atoms with Crippen LogP contribution in [0.4, 0.5) is 27.1 Å². The van der Waals surface area contributed by atoms with Gasteiger partial charge in [0, 0.05) is 41.6 Å². The van der Waals surface area contributed by atoms with Gasteiger partial charge >= 0.3 is 5.97 Å². The summed E-state index contributed by atoms with van der Waals surface area (Å²) in [5.41, 5.74) is 13.5. The second-order valence-electron chi connectivity index (χ2n) is 9.26. The molecule has 218 valence electrons. The van der Waals surface area contributed by atoms with Crippen molar-refractivity contribution in [2.24, 2.45) is 0 Å². The SMILES string of the molecule is COc1cc(OC(=O)c2ccc(NNc3c(F)cc(N)cc3OC)cc2OC(C)C)ccc1-c1ccc([N+](=O)[O-])cc1. The summed E-state index contributed by atoms with van der Waals surface area (Å²) >= 11 is 0. The van der Waals surface area contributed by atoms with E-state index in [4.69, 9.17) is 24.7 Å². The number of hydrogen-bond donors (Lipinski definition) is 3. The highest BCUT2D eigenvalue weighted by Gasteiger charge is 2.19. The first-order valence-corrected chi connectivity index (χ1v) is 12.7. The molecule has 0 saturated heterocycles. The molecule has 0 aliphatic carbocycles. The summed E-state index contributed by atoms with van der Waals surface area (Å²) in [6.07, 6.45) is -0.268. The van der Waals surface area contributed by atoms with Crippen LogP contribution in [0.2, 0.25) is 0 Å². The van der Waals surface area contributed by atoms with Crippen LogP contribution in [0.1, 0.15) is 24.2 Å². The van der Waals surface area contributed by atoms with Crippen molar-refractivity contribution in [3.8, 4) is 34.1 Å². The fourth-order valence-electron chi connectivity index (χ4n) is 4.04. The maximum Gasteiger partial charge on any atom is 0.347 e. The third-order valence-electron chi connectivity index (χ3n) is 5.96. The van der Waals surface area contributed by atoms with Gasteiger partial charge in [0.2, 0.25) is 0 Å². The van der Waals surface area contributed by atoms with Crippen LogP contribution >= 0.6 is 0 Å². The molecule has 0 aliphatic heterocycles. The van der Waals surface area contributed by atoms with Crippen molar-refractivity contribution >= 4 is 28.7 Å². The van der Waals surface area contributed by atoms with E-state index in [-0.39, 0.29) is 46.0 Å². The third-order valence-corrected chi connectivity index (χ3v) is 5.96. The minimum atomic E-state index is -0.679. The van der Waals surface area contributed by atoms with Crippen molar-refractivity contribution in [3.63, 3.8) is 0 Å². The fraction of sp³-hybridized carbons (Fsp3) is 0.167. The lowest BCUT2D eigenvalue weighted by atomic mass is 10.0. The number of nitrogens with one attached hydrogen (secondary N) is 2. The number of carbonyl (C=O) groups excluding carboxylic acids is 1. The number of benzene rings is 4. The standard InChI is InChI=1S/C30H29FN4O7/c1-17(2)41-27-15-20(33-34-29-25(31)13-19(32)14-28(29)40-4)7-11-24(27)30(36)42-22-10-12-23(26(16-22)39-3)18-5-8-21(9-6-18)35(37)38/h5-17,33-34H,32H2,1-4H3. The first-order chi connectivity index (χ1) is 20.1. The number of esters is 1. The zero-order valence-corrected chi connectivity index (χ0v) is 23.3. The maximum atomic E-state index is 14.5. The van der Waals surface area contributed by atoms with Gasteiger partial charge in [-0.1, -0.05) is 0 Å². The number of ether oxygens (including phenoxy) is 4. The summed E-state index contributed by atoms with van der Waals surface area (Å²) in [5.74, 6) is -0.235. The van der Waals surface area contributed by atoms with E-state index in [1.165, 1.54) is 38.5 Å². The highest BCUT2D eigenvalue weighted by atomic mass is 19.1. The van der Waals surface area contributed by atoms with Gasteiger partial charge < -0.3 is 30.1 Å². The van der Waals surface area contributed by atoms with Gasteiger partial charge in [0.15, 0.2) is 5.82 Å².